The van der Waals surface area contributed by atoms with Crippen molar-refractivity contribution in [2.24, 2.45) is 0 Å². The quantitative estimate of drug-likeness (QED) is 0.0704. The molecule has 0 saturated carbocycles. The minimum atomic E-state index is 1.11. The second-order valence-electron chi connectivity index (χ2n) is 37.5. The van der Waals surface area contributed by atoms with E-state index in [4.69, 9.17) is 0 Å². The molecule has 0 aliphatic rings. The molecule has 0 N–H and O–H groups in total. The van der Waals surface area contributed by atoms with Crippen molar-refractivity contribution in [3.05, 3.63) is 613 Å². The van der Waals surface area contributed by atoms with Crippen molar-refractivity contribution in [1.29, 1.82) is 0 Å². The van der Waals surface area contributed by atoms with E-state index in [9.17, 15) is 0 Å². The lowest BCUT2D eigenvalue weighted by atomic mass is 9.96. The van der Waals surface area contributed by atoms with Gasteiger partial charge in [0.05, 0.1) is 5.69 Å². The zero-order chi connectivity index (χ0) is 98.0. The normalized spacial score (nSPS) is 11.1. The summed E-state index contributed by atoms with van der Waals surface area (Å²) in [6.45, 7) is 0. The molecule has 0 aromatic heterocycles. The highest BCUT2D eigenvalue weighted by Crippen LogP contribution is 2.47. The van der Waals surface area contributed by atoms with Crippen LogP contribution in [0.15, 0.2) is 613 Å². The van der Waals surface area contributed by atoms with Crippen LogP contribution in [0.25, 0.3) is 187 Å². The van der Waals surface area contributed by atoms with Crippen LogP contribution in [0.1, 0.15) is 0 Å². The predicted octanol–water partition coefficient (Wildman–Crippen LogP) is 40.7. The monoisotopic (exact) mass is 1870 g/mol. The average Bonchev–Trinajstić information content (AvgIpc) is 0.750. The SMILES string of the molecule is c1ccc(-c2ccc(-c3ccc(N(c4ccccc4)c4ccc(-c5ccc6ccc(-c7ccccc7)cc6c5)cc4)cc3)cc2)cc1.c1ccc(-c2ccc3ccc(-c4ccc(N(c5ccc(-c6cccc7ccccc67)cc5)c5cc6ccccc6c6ccccc56)cc4)cc3c2)cc1.c1ccc(-c2cccc(-c3ccc(N(c4ccccc4)c4ccc(-c5ccc6ccc(-c7ccccc7)cc6c5)cc4)cc3)c2)cc1. The smallest absolute Gasteiger partial charge is 0.0546 e. The molecule has 692 valence electrons. The zero-order valence-corrected chi connectivity index (χ0v) is 81.2. The van der Waals surface area contributed by atoms with Gasteiger partial charge in [0.25, 0.3) is 0 Å². The van der Waals surface area contributed by atoms with E-state index in [1.807, 2.05) is 0 Å². The Bertz CT molecular complexity index is 9100. The fourth-order valence-electron chi connectivity index (χ4n) is 20.7. The third-order valence-corrected chi connectivity index (χ3v) is 28.3. The van der Waals surface area contributed by atoms with Gasteiger partial charge in [0.2, 0.25) is 0 Å². The van der Waals surface area contributed by atoms with E-state index in [1.165, 1.54) is 187 Å². The van der Waals surface area contributed by atoms with Gasteiger partial charge in [0, 0.05) is 50.9 Å². The Morgan fingerprint density at radius 2 is 0.293 bits per heavy atom. The molecule has 0 fully saturated rings. The number of para-hydroxylation sites is 2. The van der Waals surface area contributed by atoms with Gasteiger partial charge in [-0.2, -0.15) is 0 Å². The van der Waals surface area contributed by atoms with Gasteiger partial charge in [-0.25, -0.2) is 0 Å². The maximum absolute atomic E-state index is 2.41. The van der Waals surface area contributed by atoms with Crippen LogP contribution in [0.4, 0.5) is 51.2 Å². The summed E-state index contributed by atoms with van der Waals surface area (Å²) in [5, 5.41) is 14.9. The van der Waals surface area contributed by atoms with Crippen LogP contribution in [-0.4, -0.2) is 0 Å². The third-order valence-electron chi connectivity index (χ3n) is 28.3. The fraction of sp³-hybridized carbons (Fsp3) is 0. The number of nitrogens with zero attached hydrogens (tertiary/aromatic N) is 3. The first-order valence-corrected chi connectivity index (χ1v) is 50.4. The van der Waals surface area contributed by atoms with Gasteiger partial charge in [-0.3, -0.25) is 0 Å². The first-order valence-electron chi connectivity index (χ1n) is 50.4. The lowest BCUT2D eigenvalue weighted by Gasteiger charge is -2.28. The van der Waals surface area contributed by atoms with Crippen molar-refractivity contribution in [2.75, 3.05) is 14.7 Å². The lowest BCUT2D eigenvalue weighted by Crippen LogP contribution is -2.10. The van der Waals surface area contributed by atoms with Crippen molar-refractivity contribution >= 4 is 116 Å². The van der Waals surface area contributed by atoms with Gasteiger partial charge >= 0.3 is 0 Å². The van der Waals surface area contributed by atoms with Crippen molar-refractivity contribution in [3.63, 3.8) is 0 Å². The molecule has 0 spiro atoms. The first-order chi connectivity index (χ1) is 72.8. The van der Waals surface area contributed by atoms with E-state index < -0.39 is 0 Å². The predicted molar refractivity (Wildman–Crippen MR) is 628 cm³/mol. The number of rotatable bonds is 20. The highest BCUT2D eigenvalue weighted by molar-refractivity contribution is 6.15. The molecular formula is C144H101N3. The highest BCUT2D eigenvalue weighted by Gasteiger charge is 2.22. The van der Waals surface area contributed by atoms with Crippen molar-refractivity contribution in [1.82, 2.24) is 0 Å². The molecule has 26 aromatic rings. The van der Waals surface area contributed by atoms with Gasteiger partial charge < -0.3 is 14.7 Å². The summed E-state index contributed by atoms with van der Waals surface area (Å²) in [4.78, 5) is 7.05. The van der Waals surface area contributed by atoms with E-state index >= 15 is 0 Å². The van der Waals surface area contributed by atoms with Gasteiger partial charge in [-0.1, -0.05) is 467 Å². The summed E-state index contributed by atoms with van der Waals surface area (Å²) in [5.74, 6) is 0. The van der Waals surface area contributed by atoms with Gasteiger partial charge in [0.15, 0.2) is 0 Å². The summed E-state index contributed by atoms with van der Waals surface area (Å²) in [6.07, 6.45) is 0. The summed E-state index contributed by atoms with van der Waals surface area (Å²) in [6, 6.07) is 221. The van der Waals surface area contributed by atoms with Gasteiger partial charge in [-0.05, 0) is 327 Å². The van der Waals surface area contributed by atoms with Crippen LogP contribution in [0.5, 0.6) is 0 Å². The summed E-state index contributed by atoms with van der Waals surface area (Å²) in [5.41, 5.74) is 36.9. The number of hydrogen-bond donors (Lipinski definition) is 0. The van der Waals surface area contributed by atoms with Crippen LogP contribution < -0.4 is 14.7 Å². The molecule has 0 bridgehead atoms. The van der Waals surface area contributed by atoms with Crippen LogP contribution in [0.3, 0.4) is 0 Å². The number of hydrogen-bond acceptors (Lipinski definition) is 3. The Morgan fingerprint density at radius 3 is 0.626 bits per heavy atom. The second-order valence-corrected chi connectivity index (χ2v) is 37.5. The van der Waals surface area contributed by atoms with Crippen molar-refractivity contribution in [3.8, 4) is 122 Å². The topological polar surface area (TPSA) is 9.72 Å². The Hall–Kier alpha value is -19.3. The molecule has 0 atom stereocenters. The number of anilines is 9. The molecule has 0 heterocycles. The third kappa shape index (κ3) is 19.5. The molecule has 3 nitrogen and oxygen atoms in total. The van der Waals surface area contributed by atoms with E-state index in [1.54, 1.807) is 0 Å². The van der Waals surface area contributed by atoms with E-state index in [-0.39, 0.29) is 0 Å². The van der Waals surface area contributed by atoms with E-state index in [0.29, 0.717) is 0 Å². The van der Waals surface area contributed by atoms with Gasteiger partial charge in [-0.15, -0.1) is 0 Å². The Balaban J connectivity index is 0.000000118. The Morgan fingerprint density at radius 1 is 0.0884 bits per heavy atom. The minimum Gasteiger partial charge on any atom is -0.311 e. The molecule has 0 radical (unpaired) electrons. The minimum absolute atomic E-state index is 1.11. The molecule has 0 aliphatic heterocycles. The molecule has 0 amide bonds. The van der Waals surface area contributed by atoms with Crippen LogP contribution in [0.2, 0.25) is 0 Å². The number of benzene rings is 26. The largest absolute Gasteiger partial charge is 0.311 e. The molecule has 147 heavy (non-hydrogen) atoms. The molecular weight excluding hydrogens is 1770 g/mol. The van der Waals surface area contributed by atoms with Crippen molar-refractivity contribution in [2.45, 2.75) is 0 Å². The second kappa shape index (κ2) is 41.5. The average molecular weight is 1870 g/mol. The molecule has 26 rings (SSSR count). The summed E-state index contributed by atoms with van der Waals surface area (Å²) < 4.78 is 0. The van der Waals surface area contributed by atoms with E-state index in [2.05, 4.69) is 627 Å². The molecule has 26 aromatic carbocycles. The van der Waals surface area contributed by atoms with Crippen LogP contribution in [-0.2, 0) is 0 Å². The maximum atomic E-state index is 2.41. The fourth-order valence-corrected chi connectivity index (χ4v) is 20.7. The lowest BCUT2D eigenvalue weighted by molar-refractivity contribution is 1.28. The molecule has 0 unspecified atom stereocenters. The Labute approximate surface area is 859 Å². The summed E-state index contributed by atoms with van der Waals surface area (Å²) >= 11 is 0. The number of fused-ring (bicyclic) bond motifs is 7. The van der Waals surface area contributed by atoms with Crippen LogP contribution in [0, 0.1) is 0 Å². The molecule has 0 aliphatic carbocycles. The van der Waals surface area contributed by atoms with Crippen LogP contribution >= 0.6 is 0 Å². The summed E-state index contributed by atoms with van der Waals surface area (Å²) in [7, 11) is 0. The molecule has 3 heteroatoms. The van der Waals surface area contributed by atoms with Crippen molar-refractivity contribution < 1.29 is 0 Å². The first kappa shape index (κ1) is 90.2. The maximum Gasteiger partial charge on any atom is 0.0546 e. The van der Waals surface area contributed by atoms with Gasteiger partial charge in [0.1, 0.15) is 0 Å². The standard InChI is InChI=1S/C52H35N.2C46H33N/c1-2-11-36(12-3-1)41-23-21-38-22-24-42(34-44(38)33-41)37-25-29-45(30-26-37)53(52-35-43-14-5-7-17-49(43)50-18-8-9-19-51(50)52)46-31-27-40(28-32-46)48-20-10-15-39-13-4-6-16-47(39)48;1-4-11-34(12-5-1)39-15-10-16-40(31-39)36-23-27-45(28-24-36)47(44-17-8-3-9-18-44)46-29-25-37(26-30-46)42-22-20-38-19-21-41(32-43(38)33-42)35-13-6-2-7-14-35;1-4-10-34(11-5-1)36-16-18-37(19-17-36)38-24-28-45(29-25-38)47(44-14-8-3-9-15-44)46-30-26-39(27-31-46)42-23-21-40-20-22-41(32-43(40)33-42)35-12-6-2-7-13-35/h1-35H;2*1-33H. The Kier molecular flexibility index (Phi) is 25.5. The van der Waals surface area contributed by atoms with E-state index in [0.717, 1.165) is 51.2 Å². The highest BCUT2D eigenvalue weighted by atomic mass is 15.2. The molecule has 0 saturated heterocycles. The zero-order valence-electron chi connectivity index (χ0n) is 81.2.